The van der Waals surface area contributed by atoms with Crippen molar-refractivity contribution in [3.63, 3.8) is 0 Å². The lowest BCUT2D eigenvalue weighted by atomic mass is 9.96. The Morgan fingerprint density at radius 1 is 0.975 bits per heavy atom. The lowest BCUT2D eigenvalue weighted by molar-refractivity contribution is -0.142. The standard InChI is InChI=1S/C26H37N7O7/c1-3-14(2)22(33-23(36)18(27)10-15-4-6-17(34)7-5-15)25(38)31-19(8-9-21(28)35)24(37)32-20(26(39)40)11-16-12-29-13-30-16/h4-7,12-14,18-20,22,34H,3,8-11,27H2,1-2H3,(H2,28,35)(H,29,30)(H,31,38)(H,32,37)(H,33,36)(H,39,40). The van der Waals surface area contributed by atoms with E-state index in [4.69, 9.17) is 11.5 Å². The predicted octanol–water partition coefficient (Wildman–Crippen LogP) is -0.922. The number of aliphatic carboxylic acids is 1. The fourth-order valence-corrected chi connectivity index (χ4v) is 3.85. The number of rotatable bonds is 16. The summed E-state index contributed by atoms with van der Waals surface area (Å²) in [5.74, 6) is -4.46. The van der Waals surface area contributed by atoms with Crippen LogP contribution in [0.3, 0.4) is 0 Å². The molecular weight excluding hydrogens is 522 g/mol. The third-order valence-corrected chi connectivity index (χ3v) is 6.43. The number of phenolic OH excluding ortho intramolecular Hbond substituents is 1. The maximum absolute atomic E-state index is 13.3. The van der Waals surface area contributed by atoms with Gasteiger partial charge in [0.1, 0.15) is 23.9 Å². The van der Waals surface area contributed by atoms with Gasteiger partial charge in [0.2, 0.25) is 23.6 Å². The molecule has 14 heteroatoms. The maximum atomic E-state index is 13.3. The number of nitrogens with two attached hydrogens (primary N) is 2. The van der Waals surface area contributed by atoms with Crippen LogP contribution in [0.5, 0.6) is 5.75 Å². The molecule has 1 aromatic carbocycles. The van der Waals surface area contributed by atoms with E-state index in [1.54, 1.807) is 19.1 Å². The second-order valence-corrected chi connectivity index (χ2v) is 9.60. The number of amides is 4. The number of aromatic hydroxyl groups is 1. The van der Waals surface area contributed by atoms with Gasteiger partial charge in [-0.05, 0) is 36.5 Å². The molecule has 2 rings (SSSR count). The van der Waals surface area contributed by atoms with Crippen LogP contribution in [0.15, 0.2) is 36.8 Å². The minimum absolute atomic E-state index is 0.0705. The van der Waals surface area contributed by atoms with Crippen molar-refractivity contribution in [1.29, 1.82) is 0 Å². The lowest BCUT2D eigenvalue weighted by Gasteiger charge is -2.28. The Balaban J connectivity index is 2.14. The summed E-state index contributed by atoms with van der Waals surface area (Å²) in [4.78, 5) is 69.0. The van der Waals surface area contributed by atoms with Gasteiger partial charge in [0.05, 0.1) is 12.4 Å². The number of H-pyrrole nitrogens is 1. The Hall–Kier alpha value is -4.46. The lowest BCUT2D eigenvalue weighted by Crippen LogP contribution is -2.59. The molecule has 14 nitrogen and oxygen atoms in total. The quantitative estimate of drug-likeness (QED) is 0.127. The second-order valence-electron chi connectivity index (χ2n) is 9.60. The molecule has 0 aliphatic heterocycles. The number of carboxylic acids is 1. The Morgan fingerprint density at radius 3 is 2.17 bits per heavy atom. The summed E-state index contributed by atoms with van der Waals surface area (Å²) in [5.41, 5.74) is 12.5. The monoisotopic (exact) mass is 559 g/mol. The normalized spacial score (nSPS) is 14.7. The van der Waals surface area contributed by atoms with Crippen LogP contribution in [0.1, 0.15) is 44.4 Å². The van der Waals surface area contributed by atoms with E-state index in [0.29, 0.717) is 17.7 Å². The Bertz CT molecular complexity index is 1150. The van der Waals surface area contributed by atoms with Gasteiger partial charge in [-0.15, -0.1) is 0 Å². The number of hydrogen-bond donors (Lipinski definition) is 8. The van der Waals surface area contributed by atoms with Gasteiger partial charge in [0.25, 0.3) is 0 Å². The predicted molar refractivity (Wildman–Crippen MR) is 143 cm³/mol. The first-order valence-corrected chi connectivity index (χ1v) is 12.8. The molecule has 10 N–H and O–H groups in total. The van der Waals surface area contributed by atoms with Gasteiger partial charge in [-0.25, -0.2) is 9.78 Å². The first-order valence-electron chi connectivity index (χ1n) is 12.8. The highest BCUT2D eigenvalue weighted by molar-refractivity contribution is 5.94. The second kappa shape index (κ2) is 15.2. The number of hydrogen-bond acceptors (Lipinski definition) is 8. The zero-order valence-corrected chi connectivity index (χ0v) is 22.4. The molecule has 1 heterocycles. The molecule has 0 aliphatic rings. The van der Waals surface area contributed by atoms with E-state index in [9.17, 15) is 34.2 Å². The summed E-state index contributed by atoms with van der Waals surface area (Å²) in [6.07, 6.45) is 2.89. The van der Waals surface area contributed by atoms with Crippen molar-refractivity contribution in [3.05, 3.63) is 48.0 Å². The molecule has 2 aromatic rings. The van der Waals surface area contributed by atoms with E-state index in [-0.39, 0.29) is 37.4 Å². The third-order valence-electron chi connectivity index (χ3n) is 6.43. The summed E-state index contributed by atoms with van der Waals surface area (Å²) >= 11 is 0. The van der Waals surface area contributed by atoms with Gasteiger partial charge in [0, 0.05) is 24.7 Å². The molecule has 0 radical (unpaired) electrons. The molecule has 0 bridgehead atoms. The first kappa shape index (κ1) is 31.8. The van der Waals surface area contributed by atoms with Gasteiger partial charge in [-0.3, -0.25) is 19.2 Å². The summed E-state index contributed by atoms with van der Waals surface area (Å²) in [6.45, 7) is 3.55. The Labute approximate surface area is 231 Å². The van der Waals surface area contributed by atoms with Crippen molar-refractivity contribution < 1.29 is 34.2 Å². The van der Waals surface area contributed by atoms with Gasteiger partial charge < -0.3 is 42.6 Å². The zero-order valence-electron chi connectivity index (χ0n) is 22.4. The van der Waals surface area contributed by atoms with E-state index < -0.39 is 53.8 Å². The smallest absolute Gasteiger partial charge is 0.326 e. The average Bonchev–Trinajstić information content (AvgIpc) is 3.42. The molecule has 5 unspecified atom stereocenters. The molecule has 5 atom stereocenters. The molecule has 1 aromatic heterocycles. The number of aromatic nitrogens is 2. The van der Waals surface area contributed by atoms with Gasteiger partial charge in [0.15, 0.2) is 0 Å². The van der Waals surface area contributed by atoms with Crippen LogP contribution in [-0.2, 0) is 36.8 Å². The number of carbonyl (C=O) groups is 5. The minimum atomic E-state index is -1.34. The van der Waals surface area contributed by atoms with Crippen molar-refractivity contribution in [2.75, 3.05) is 0 Å². The molecule has 40 heavy (non-hydrogen) atoms. The van der Waals surface area contributed by atoms with Crippen LogP contribution in [-0.4, -0.2) is 73.9 Å². The molecule has 0 aliphatic carbocycles. The van der Waals surface area contributed by atoms with Crippen LogP contribution >= 0.6 is 0 Å². The number of nitrogens with zero attached hydrogens (tertiary/aromatic N) is 1. The number of carboxylic acid groups (broad SMARTS) is 1. The van der Waals surface area contributed by atoms with Crippen molar-refractivity contribution in [3.8, 4) is 5.75 Å². The maximum Gasteiger partial charge on any atom is 0.326 e. The highest BCUT2D eigenvalue weighted by Crippen LogP contribution is 2.13. The van der Waals surface area contributed by atoms with Crippen LogP contribution < -0.4 is 27.4 Å². The molecule has 0 saturated carbocycles. The number of aromatic amines is 1. The third kappa shape index (κ3) is 10.0. The number of nitrogens with one attached hydrogen (secondary N) is 4. The molecule has 0 saturated heterocycles. The van der Waals surface area contributed by atoms with E-state index in [1.165, 1.54) is 24.7 Å². The van der Waals surface area contributed by atoms with Crippen LogP contribution in [0.25, 0.3) is 0 Å². The minimum Gasteiger partial charge on any atom is -0.508 e. The molecular formula is C26H37N7O7. The Morgan fingerprint density at radius 2 is 1.62 bits per heavy atom. The van der Waals surface area contributed by atoms with Crippen molar-refractivity contribution in [1.82, 2.24) is 25.9 Å². The topological polar surface area (TPSA) is 243 Å². The highest BCUT2D eigenvalue weighted by atomic mass is 16.4. The number of primary amides is 1. The zero-order chi connectivity index (χ0) is 29.8. The molecule has 4 amide bonds. The van der Waals surface area contributed by atoms with E-state index in [1.807, 2.05) is 6.92 Å². The number of benzene rings is 1. The first-order chi connectivity index (χ1) is 18.9. The van der Waals surface area contributed by atoms with E-state index >= 15 is 0 Å². The van der Waals surface area contributed by atoms with Gasteiger partial charge in [-0.1, -0.05) is 32.4 Å². The van der Waals surface area contributed by atoms with Gasteiger partial charge >= 0.3 is 5.97 Å². The van der Waals surface area contributed by atoms with E-state index in [2.05, 4.69) is 25.9 Å². The molecule has 0 spiro atoms. The number of imidazole rings is 1. The van der Waals surface area contributed by atoms with Crippen LogP contribution in [0.2, 0.25) is 0 Å². The highest BCUT2D eigenvalue weighted by Gasteiger charge is 2.32. The summed E-state index contributed by atoms with van der Waals surface area (Å²) in [7, 11) is 0. The summed E-state index contributed by atoms with van der Waals surface area (Å²) < 4.78 is 0. The van der Waals surface area contributed by atoms with Gasteiger partial charge in [-0.2, -0.15) is 0 Å². The Kier molecular flexibility index (Phi) is 12.1. The SMILES string of the molecule is CCC(C)C(NC(=O)C(N)Cc1ccc(O)cc1)C(=O)NC(CCC(N)=O)C(=O)NC(Cc1cnc[nH]1)C(=O)O. The molecule has 218 valence electrons. The number of carbonyl (C=O) groups excluding carboxylic acids is 4. The van der Waals surface area contributed by atoms with Crippen molar-refractivity contribution in [2.24, 2.45) is 17.4 Å². The molecule has 0 fully saturated rings. The fraction of sp³-hybridized carbons (Fsp3) is 0.462. The van der Waals surface area contributed by atoms with Crippen LogP contribution in [0.4, 0.5) is 0 Å². The van der Waals surface area contributed by atoms with E-state index in [0.717, 1.165) is 0 Å². The largest absolute Gasteiger partial charge is 0.508 e. The van der Waals surface area contributed by atoms with Crippen molar-refractivity contribution in [2.45, 2.75) is 70.1 Å². The summed E-state index contributed by atoms with van der Waals surface area (Å²) in [5, 5.41) is 26.6. The number of phenols is 1. The van der Waals surface area contributed by atoms with Crippen LogP contribution in [0, 0.1) is 5.92 Å². The fourth-order valence-electron chi connectivity index (χ4n) is 3.85. The average molecular weight is 560 g/mol. The van der Waals surface area contributed by atoms with Crippen molar-refractivity contribution >= 4 is 29.6 Å². The summed E-state index contributed by atoms with van der Waals surface area (Å²) in [6, 6.07) is 1.46.